The van der Waals surface area contributed by atoms with E-state index in [1.165, 1.54) is 4.57 Å². The third kappa shape index (κ3) is 1.49. The van der Waals surface area contributed by atoms with Crippen LogP contribution in [0.4, 0.5) is 0 Å². The summed E-state index contributed by atoms with van der Waals surface area (Å²) in [6.45, 7) is 1.83. The lowest BCUT2D eigenvalue weighted by atomic mass is 10.4. The topological polar surface area (TPSA) is 22.0 Å². The Bertz CT molecular complexity index is 316. The lowest BCUT2D eigenvalue weighted by Gasteiger charge is -2.04. The first-order valence-electron chi connectivity index (χ1n) is 3.05. The standard InChI is InChI=1S/C7H7BrClNO/c1-4-3-5(9)6(8)7(11)10(4)2/h3H,1-2H3. The molecule has 0 atom stereocenters. The molecule has 0 fully saturated rings. The minimum atomic E-state index is -0.102. The van der Waals surface area contributed by atoms with Gasteiger partial charge in [-0.3, -0.25) is 4.79 Å². The Kier molecular flexibility index (Phi) is 2.40. The van der Waals surface area contributed by atoms with Gasteiger partial charge in [0.05, 0.1) is 5.02 Å². The molecule has 1 heterocycles. The summed E-state index contributed by atoms with van der Waals surface area (Å²) in [5, 5.41) is 0.464. The van der Waals surface area contributed by atoms with E-state index in [4.69, 9.17) is 11.6 Å². The number of pyridine rings is 1. The van der Waals surface area contributed by atoms with Crippen molar-refractivity contribution >= 4 is 27.5 Å². The van der Waals surface area contributed by atoms with Gasteiger partial charge in [0.15, 0.2) is 0 Å². The molecule has 11 heavy (non-hydrogen) atoms. The number of nitrogens with zero attached hydrogens (tertiary/aromatic N) is 1. The highest BCUT2D eigenvalue weighted by Crippen LogP contribution is 2.18. The van der Waals surface area contributed by atoms with Crippen molar-refractivity contribution in [1.29, 1.82) is 0 Å². The first-order chi connectivity index (χ1) is 5.04. The number of hydrogen-bond acceptors (Lipinski definition) is 1. The van der Waals surface area contributed by atoms with E-state index < -0.39 is 0 Å². The second-order valence-corrected chi connectivity index (χ2v) is 3.51. The summed E-state index contributed by atoms with van der Waals surface area (Å²) in [6, 6.07) is 1.74. The van der Waals surface area contributed by atoms with Gasteiger partial charge < -0.3 is 4.57 Å². The fourth-order valence-corrected chi connectivity index (χ4v) is 1.37. The molecule has 1 aromatic rings. The summed E-state index contributed by atoms with van der Waals surface area (Å²) in [5.74, 6) is 0. The van der Waals surface area contributed by atoms with Crippen LogP contribution in [0.1, 0.15) is 5.69 Å². The number of hydrogen-bond donors (Lipinski definition) is 0. The third-order valence-electron chi connectivity index (χ3n) is 1.57. The molecule has 0 aliphatic heterocycles. The zero-order valence-corrected chi connectivity index (χ0v) is 8.53. The molecule has 1 rings (SSSR count). The molecule has 0 radical (unpaired) electrons. The first kappa shape index (κ1) is 8.81. The van der Waals surface area contributed by atoms with E-state index in [-0.39, 0.29) is 5.56 Å². The van der Waals surface area contributed by atoms with Crippen molar-refractivity contribution in [2.24, 2.45) is 7.05 Å². The van der Waals surface area contributed by atoms with Crippen LogP contribution < -0.4 is 5.56 Å². The van der Waals surface area contributed by atoms with Crippen LogP contribution in [0.2, 0.25) is 5.02 Å². The Morgan fingerprint density at radius 3 is 2.73 bits per heavy atom. The van der Waals surface area contributed by atoms with Crippen LogP contribution in [-0.4, -0.2) is 4.57 Å². The maximum absolute atomic E-state index is 11.2. The second-order valence-electron chi connectivity index (χ2n) is 2.31. The summed E-state index contributed by atoms with van der Waals surface area (Å²) >= 11 is 8.83. The van der Waals surface area contributed by atoms with Gasteiger partial charge >= 0.3 is 0 Å². The predicted octanol–water partition coefficient (Wildman–Crippen LogP) is 2.11. The molecule has 0 aliphatic carbocycles. The third-order valence-corrected chi connectivity index (χ3v) is 2.86. The average molecular weight is 236 g/mol. The van der Waals surface area contributed by atoms with Gasteiger partial charge in [0.25, 0.3) is 5.56 Å². The van der Waals surface area contributed by atoms with E-state index in [1.54, 1.807) is 13.1 Å². The lowest BCUT2D eigenvalue weighted by molar-refractivity contribution is 0.813. The van der Waals surface area contributed by atoms with Crippen LogP contribution >= 0.6 is 27.5 Å². The molecular formula is C7H7BrClNO. The predicted molar refractivity (Wildman–Crippen MR) is 49.1 cm³/mol. The quantitative estimate of drug-likeness (QED) is 0.676. The molecule has 0 N–H and O–H groups in total. The number of halogens is 2. The van der Waals surface area contributed by atoms with E-state index in [0.717, 1.165) is 5.69 Å². The highest BCUT2D eigenvalue weighted by Gasteiger charge is 2.04. The Labute approximate surface area is 77.9 Å². The van der Waals surface area contributed by atoms with Gasteiger partial charge in [-0.1, -0.05) is 11.6 Å². The molecular weight excluding hydrogens is 229 g/mol. The fourth-order valence-electron chi connectivity index (χ4n) is 0.753. The minimum Gasteiger partial charge on any atom is -0.315 e. The molecule has 60 valence electrons. The molecule has 0 unspecified atom stereocenters. The zero-order chi connectivity index (χ0) is 8.59. The average Bonchev–Trinajstić information content (AvgIpc) is 1.97. The number of aryl methyl sites for hydroxylation is 1. The lowest BCUT2D eigenvalue weighted by Crippen LogP contribution is -2.19. The van der Waals surface area contributed by atoms with Gasteiger partial charge in [0, 0.05) is 12.7 Å². The minimum absolute atomic E-state index is 0.102. The van der Waals surface area contributed by atoms with E-state index in [0.29, 0.717) is 9.50 Å². The molecule has 0 aliphatic rings. The normalized spacial score (nSPS) is 10.2. The van der Waals surface area contributed by atoms with Crippen molar-refractivity contribution in [1.82, 2.24) is 4.57 Å². The van der Waals surface area contributed by atoms with Crippen LogP contribution in [0.15, 0.2) is 15.3 Å². The largest absolute Gasteiger partial charge is 0.315 e. The van der Waals surface area contributed by atoms with Crippen molar-refractivity contribution in [3.63, 3.8) is 0 Å². The van der Waals surface area contributed by atoms with Crippen LogP contribution in [0.5, 0.6) is 0 Å². The molecule has 0 saturated carbocycles. The highest BCUT2D eigenvalue weighted by atomic mass is 79.9. The van der Waals surface area contributed by atoms with Crippen LogP contribution in [-0.2, 0) is 7.05 Å². The van der Waals surface area contributed by atoms with Gasteiger partial charge in [-0.05, 0) is 28.9 Å². The number of aromatic nitrogens is 1. The van der Waals surface area contributed by atoms with Gasteiger partial charge in [-0.25, -0.2) is 0 Å². The van der Waals surface area contributed by atoms with E-state index in [1.807, 2.05) is 6.92 Å². The van der Waals surface area contributed by atoms with Gasteiger partial charge in [-0.15, -0.1) is 0 Å². The van der Waals surface area contributed by atoms with Crippen molar-refractivity contribution in [2.45, 2.75) is 6.92 Å². The van der Waals surface area contributed by atoms with Crippen molar-refractivity contribution in [3.05, 3.63) is 31.6 Å². The van der Waals surface area contributed by atoms with Gasteiger partial charge in [0.1, 0.15) is 4.47 Å². The van der Waals surface area contributed by atoms with Crippen LogP contribution in [0.25, 0.3) is 0 Å². The summed E-state index contributed by atoms with van der Waals surface area (Å²) in [4.78, 5) is 11.2. The van der Waals surface area contributed by atoms with Crippen molar-refractivity contribution in [2.75, 3.05) is 0 Å². The second kappa shape index (κ2) is 2.99. The van der Waals surface area contributed by atoms with Crippen molar-refractivity contribution in [3.8, 4) is 0 Å². The molecule has 0 aromatic carbocycles. The molecule has 2 nitrogen and oxygen atoms in total. The fraction of sp³-hybridized carbons (Fsp3) is 0.286. The summed E-state index contributed by atoms with van der Waals surface area (Å²) < 4.78 is 1.96. The monoisotopic (exact) mass is 235 g/mol. The number of rotatable bonds is 0. The molecule has 0 bridgehead atoms. The molecule has 0 saturated heterocycles. The highest BCUT2D eigenvalue weighted by molar-refractivity contribution is 9.10. The SMILES string of the molecule is Cc1cc(Cl)c(Br)c(=O)n1C. The molecule has 0 amide bonds. The van der Waals surface area contributed by atoms with E-state index >= 15 is 0 Å². The first-order valence-corrected chi connectivity index (χ1v) is 4.22. The van der Waals surface area contributed by atoms with Gasteiger partial charge in [0.2, 0.25) is 0 Å². The van der Waals surface area contributed by atoms with Crippen LogP contribution in [0, 0.1) is 6.92 Å². The Morgan fingerprint density at radius 1 is 1.64 bits per heavy atom. The Balaban J connectivity index is 3.59. The van der Waals surface area contributed by atoms with Crippen molar-refractivity contribution < 1.29 is 0 Å². The van der Waals surface area contributed by atoms with Gasteiger partial charge in [-0.2, -0.15) is 0 Å². The smallest absolute Gasteiger partial charge is 0.266 e. The molecule has 1 aromatic heterocycles. The summed E-state index contributed by atoms with van der Waals surface area (Å²) in [6.07, 6.45) is 0. The Morgan fingerprint density at radius 2 is 2.18 bits per heavy atom. The van der Waals surface area contributed by atoms with Crippen LogP contribution in [0.3, 0.4) is 0 Å². The summed E-state index contributed by atoms with van der Waals surface area (Å²) in [5.41, 5.74) is 0.748. The summed E-state index contributed by atoms with van der Waals surface area (Å²) in [7, 11) is 1.71. The maximum atomic E-state index is 11.2. The van der Waals surface area contributed by atoms with E-state index in [2.05, 4.69) is 15.9 Å². The zero-order valence-electron chi connectivity index (χ0n) is 6.19. The maximum Gasteiger partial charge on any atom is 0.266 e. The Hall–Kier alpha value is -0.280. The molecule has 4 heteroatoms. The molecule has 0 spiro atoms. The van der Waals surface area contributed by atoms with E-state index in [9.17, 15) is 4.79 Å².